The summed E-state index contributed by atoms with van der Waals surface area (Å²) in [4.78, 5) is 23.9. The van der Waals surface area contributed by atoms with Gasteiger partial charge >= 0.3 is 0 Å². The van der Waals surface area contributed by atoms with E-state index in [1.165, 1.54) is 0 Å². The van der Waals surface area contributed by atoms with Crippen LogP contribution in [0, 0.1) is 34.5 Å². The number of hydrogen-bond acceptors (Lipinski definition) is 2. The second-order valence-corrected chi connectivity index (χ2v) is 8.98. The number of rotatable bonds is 1. The van der Waals surface area contributed by atoms with Crippen LogP contribution in [0.25, 0.3) is 0 Å². The minimum Gasteiger partial charge on any atom is -0.300 e. The van der Waals surface area contributed by atoms with Gasteiger partial charge in [-0.1, -0.05) is 25.5 Å². The van der Waals surface area contributed by atoms with Crippen LogP contribution in [0.5, 0.6) is 0 Å². The minimum absolute atomic E-state index is 0.00807. The Morgan fingerprint density at radius 3 is 2.67 bits per heavy atom. The van der Waals surface area contributed by atoms with Crippen LogP contribution in [0.15, 0.2) is 23.8 Å². The van der Waals surface area contributed by atoms with Crippen molar-refractivity contribution < 1.29 is 14.0 Å². The molecule has 0 aromatic heterocycles. The normalized spacial score (nSPS) is 49.9. The van der Waals surface area contributed by atoms with Gasteiger partial charge in [0, 0.05) is 17.8 Å². The molecule has 4 rings (SSSR count). The Labute approximate surface area is 143 Å². The van der Waals surface area contributed by atoms with Crippen molar-refractivity contribution in [1.29, 1.82) is 0 Å². The Kier molecular flexibility index (Phi) is 3.47. The first-order valence-corrected chi connectivity index (χ1v) is 9.36. The Bertz CT molecular complexity index is 663. The number of carbonyl (C=O) groups excluding carboxylic acids is 2. The predicted octanol–water partition coefficient (Wildman–Crippen LogP) is 4.45. The molecule has 0 aliphatic heterocycles. The zero-order valence-corrected chi connectivity index (χ0v) is 14.8. The van der Waals surface area contributed by atoms with Crippen molar-refractivity contribution in [1.82, 2.24) is 0 Å². The van der Waals surface area contributed by atoms with Crippen molar-refractivity contribution in [2.24, 2.45) is 34.5 Å². The molecule has 2 nitrogen and oxygen atoms in total. The average Bonchev–Trinajstić information content (AvgIpc) is 2.86. The SMILES string of the molecule is CC(=O)[C@H]1CC[C@H]2[C@@H]3[C@H](F)CC4=CC(=O)C=C[C@]4(C)[C@H]3CC[C@]12C. The molecular weight excluding hydrogens is 303 g/mol. The van der Waals surface area contributed by atoms with E-state index in [1.807, 2.05) is 6.08 Å². The van der Waals surface area contributed by atoms with Gasteiger partial charge in [0.25, 0.3) is 0 Å². The fraction of sp³-hybridized carbons (Fsp3) is 0.714. The molecule has 4 aliphatic rings. The van der Waals surface area contributed by atoms with Gasteiger partial charge in [-0.05, 0) is 67.9 Å². The molecule has 0 unspecified atom stereocenters. The van der Waals surface area contributed by atoms with Crippen LogP contribution in [0.4, 0.5) is 4.39 Å². The van der Waals surface area contributed by atoms with Crippen LogP contribution in [-0.4, -0.2) is 17.7 Å². The van der Waals surface area contributed by atoms with Crippen LogP contribution < -0.4 is 0 Å². The van der Waals surface area contributed by atoms with Crippen LogP contribution in [0.1, 0.15) is 52.9 Å². The van der Waals surface area contributed by atoms with Gasteiger partial charge in [-0.3, -0.25) is 9.59 Å². The summed E-state index contributed by atoms with van der Waals surface area (Å²) in [5.41, 5.74) is 0.758. The number of halogens is 1. The highest BCUT2D eigenvalue weighted by Gasteiger charge is 2.61. The quantitative estimate of drug-likeness (QED) is 0.712. The van der Waals surface area contributed by atoms with E-state index in [-0.39, 0.29) is 40.2 Å². The summed E-state index contributed by atoms with van der Waals surface area (Å²) in [6.07, 6.45) is 8.71. The first kappa shape index (κ1) is 16.2. The van der Waals surface area contributed by atoms with Crippen molar-refractivity contribution >= 4 is 11.6 Å². The van der Waals surface area contributed by atoms with Crippen LogP contribution >= 0.6 is 0 Å². The molecular formula is C21H27FO2. The fourth-order valence-corrected chi connectivity index (χ4v) is 6.79. The third-order valence-corrected chi connectivity index (χ3v) is 8.03. The maximum absolute atomic E-state index is 15.3. The van der Waals surface area contributed by atoms with Crippen LogP contribution in [0.2, 0.25) is 0 Å². The number of alkyl halides is 1. The monoisotopic (exact) mass is 330 g/mol. The maximum Gasteiger partial charge on any atom is 0.178 e. The lowest BCUT2D eigenvalue weighted by molar-refractivity contribution is -0.129. The van der Waals surface area contributed by atoms with Crippen molar-refractivity contribution in [3.8, 4) is 0 Å². The largest absolute Gasteiger partial charge is 0.300 e. The number of hydrogen-bond donors (Lipinski definition) is 0. The van der Waals surface area contributed by atoms with E-state index in [0.717, 1.165) is 31.3 Å². The van der Waals surface area contributed by atoms with Crippen molar-refractivity contribution in [3.05, 3.63) is 23.8 Å². The van der Waals surface area contributed by atoms with E-state index in [4.69, 9.17) is 0 Å². The second-order valence-electron chi connectivity index (χ2n) is 8.98. The van der Waals surface area contributed by atoms with Gasteiger partial charge < -0.3 is 0 Å². The van der Waals surface area contributed by atoms with Gasteiger partial charge in [-0.25, -0.2) is 4.39 Å². The number of ketones is 2. The molecule has 0 saturated heterocycles. The van der Waals surface area contributed by atoms with Crippen molar-refractivity contribution in [3.63, 3.8) is 0 Å². The summed E-state index contributed by atoms with van der Waals surface area (Å²) in [6.45, 7) is 6.12. The van der Waals surface area contributed by atoms with Crippen LogP contribution in [0.3, 0.4) is 0 Å². The van der Waals surface area contributed by atoms with Gasteiger partial charge in [0.1, 0.15) is 12.0 Å². The maximum atomic E-state index is 15.3. The third kappa shape index (κ3) is 1.99. The van der Waals surface area contributed by atoms with Crippen molar-refractivity contribution in [2.75, 3.05) is 0 Å². The molecule has 4 aliphatic carbocycles. The van der Waals surface area contributed by atoms with Crippen molar-refractivity contribution in [2.45, 2.75) is 59.0 Å². The number of fused-ring (bicyclic) bond motifs is 5. The zero-order valence-electron chi connectivity index (χ0n) is 14.8. The van der Waals surface area contributed by atoms with E-state index < -0.39 is 6.17 Å². The molecule has 0 bridgehead atoms. The molecule has 0 aromatic carbocycles. The summed E-state index contributed by atoms with van der Waals surface area (Å²) < 4.78 is 15.3. The Balaban J connectivity index is 1.73. The van der Waals surface area contributed by atoms with Gasteiger partial charge in [-0.15, -0.1) is 0 Å². The molecule has 0 heterocycles. The van der Waals surface area contributed by atoms with E-state index in [1.54, 1.807) is 19.1 Å². The Hall–Kier alpha value is -1.25. The molecule has 3 heteroatoms. The highest BCUT2D eigenvalue weighted by Crippen LogP contribution is 2.66. The summed E-state index contributed by atoms with van der Waals surface area (Å²) in [7, 11) is 0. The van der Waals surface area contributed by atoms with Gasteiger partial charge in [0.05, 0.1) is 0 Å². The molecule has 3 saturated carbocycles. The Morgan fingerprint density at radius 2 is 1.96 bits per heavy atom. The molecule has 0 N–H and O–H groups in total. The molecule has 0 aromatic rings. The minimum atomic E-state index is -0.885. The first-order valence-electron chi connectivity index (χ1n) is 9.36. The third-order valence-electron chi connectivity index (χ3n) is 8.03. The first-order chi connectivity index (χ1) is 11.3. The molecule has 7 atom stereocenters. The Morgan fingerprint density at radius 1 is 1.21 bits per heavy atom. The van der Waals surface area contributed by atoms with Gasteiger partial charge in [-0.2, -0.15) is 0 Å². The van der Waals surface area contributed by atoms with Crippen LogP contribution in [-0.2, 0) is 9.59 Å². The predicted molar refractivity (Wildman–Crippen MR) is 91.1 cm³/mol. The topological polar surface area (TPSA) is 34.1 Å². The molecule has 0 amide bonds. The smallest absolute Gasteiger partial charge is 0.178 e. The van der Waals surface area contributed by atoms with E-state index in [9.17, 15) is 9.59 Å². The van der Waals surface area contributed by atoms with E-state index >= 15 is 4.39 Å². The fourth-order valence-electron chi connectivity index (χ4n) is 6.79. The van der Waals surface area contributed by atoms with E-state index in [2.05, 4.69) is 13.8 Å². The van der Waals surface area contributed by atoms with E-state index in [0.29, 0.717) is 12.3 Å². The summed E-state index contributed by atoms with van der Waals surface area (Å²) in [5.74, 6) is 0.938. The van der Waals surface area contributed by atoms with Gasteiger partial charge in [0.2, 0.25) is 0 Å². The average molecular weight is 330 g/mol. The second kappa shape index (κ2) is 5.12. The summed E-state index contributed by atoms with van der Waals surface area (Å²) in [6, 6.07) is 0. The molecule has 3 fully saturated rings. The molecule has 24 heavy (non-hydrogen) atoms. The lowest BCUT2D eigenvalue weighted by Gasteiger charge is -2.57. The molecule has 0 radical (unpaired) electrons. The summed E-state index contributed by atoms with van der Waals surface area (Å²) in [5, 5.41) is 0. The lowest BCUT2D eigenvalue weighted by atomic mass is 9.47. The molecule has 130 valence electrons. The summed E-state index contributed by atoms with van der Waals surface area (Å²) >= 11 is 0. The number of carbonyl (C=O) groups is 2. The highest BCUT2D eigenvalue weighted by molar-refractivity contribution is 6.01. The number of Topliss-reactive ketones (excluding diaryl/α,β-unsaturated/α-hetero) is 1. The lowest BCUT2D eigenvalue weighted by Crippen LogP contribution is -2.54. The zero-order chi connectivity index (χ0) is 17.3. The molecule has 0 spiro atoms. The van der Waals surface area contributed by atoms with Gasteiger partial charge in [0.15, 0.2) is 5.78 Å². The standard InChI is InChI=1S/C21H27FO2/c1-12(23)15-4-5-16-19-17(7-9-21(15,16)3)20(2)8-6-14(24)10-13(20)11-18(19)22/h6,8,10,15-19H,4-5,7,9,11H2,1-3H3/t15-,16+,17+,18-,19+,20+,21-/m1/s1. The highest BCUT2D eigenvalue weighted by atomic mass is 19.1. The number of allylic oxidation sites excluding steroid dienone is 4.